The van der Waals surface area contributed by atoms with Crippen molar-refractivity contribution in [2.75, 3.05) is 5.73 Å². The monoisotopic (exact) mass is 344 g/mol. The van der Waals surface area contributed by atoms with Crippen molar-refractivity contribution in [3.05, 3.63) is 29.8 Å². The Balaban J connectivity index is 0.000000261. The van der Waals surface area contributed by atoms with Gasteiger partial charge in [-0.2, -0.15) is 0 Å². The molecule has 0 aliphatic carbocycles. The zero-order valence-electron chi connectivity index (χ0n) is 6.57. The summed E-state index contributed by atoms with van der Waals surface area (Å²) >= 11 is -3.71. The Kier molecular flexibility index (Phi) is 5.68. The van der Waals surface area contributed by atoms with Gasteiger partial charge in [-0.3, -0.25) is 0 Å². The maximum absolute atomic E-state index is 8.82. The summed E-state index contributed by atoms with van der Waals surface area (Å²) in [5.74, 6) is 0. The van der Waals surface area contributed by atoms with Crippen molar-refractivity contribution in [3.63, 3.8) is 0 Å². The van der Waals surface area contributed by atoms with Crippen molar-refractivity contribution >= 4 is 5.69 Å². The number of para-hydroxylation sites is 1. The van der Waals surface area contributed by atoms with E-state index >= 15 is 0 Å². The van der Waals surface area contributed by atoms with Gasteiger partial charge < -0.3 is 5.73 Å². The quantitative estimate of drug-likeness (QED) is 0.593. The van der Waals surface area contributed by atoms with Crippen molar-refractivity contribution in [3.8, 4) is 0 Å². The van der Waals surface area contributed by atoms with Gasteiger partial charge in [0.15, 0.2) is 0 Å². The molecule has 0 radical (unpaired) electrons. The van der Waals surface area contributed by atoms with E-state index in [-0.39, 0.29) is 0 Å². The molecule has 4 nitrogen and oxygen atoms in total. The van der Waals surface area contributed by atoms with Gasteiger partial charge in [-0.25, -0.2) is 0 Å². The Hall–Kier alpha value is -0.598. The Morgan fingerprint density at radius 1 is 1.33 bits per heavy atom. The second-order valence-corrected chi connectivity index (χ2v) is 3.61. The minimum atomic E-state index is -3.71. The van der Waals surface area contributed by atoms with Crippen LogP contribution < -0.4 is 5.73 Å². The van der Waals surface area contributed by atoms with E-state index in [4.69, 9.17) is 16.9 Å². The first kappa shape index (κ1) is 11.4. The molecule has 0 saturated carbocycles. The summed E-state index contributed by atoms with van der Waals surface area (Å²) in [5.41, 5.74) is 7.53. The molecule has 0 aliphatic heterocycles. The van der Waals surface area contributed by atoms with Crippen LogP contribution in [0, 0.1) is 6.92 Å². The van der Waals surface area contributed by atoms with E-state index < -0.39 is 17.5 Å². The van der Waals surface area contributed by atoms with Gasteiger partial charge in [-0.1, -0.05) is 18.2 Å². The van der Waals surface area contributed by atoms with Crippen LogP contribution in [0.2, 0.25) is 0 Å². The van der Waals surface area contributed by atoms with Crippen LogP contribution in [0.15, 0.2) is 24.3 Å². The summed E-state index contributed by atoms with van der Waals surface area (Å²) < 4.78 is 23.3. The number of nitrogen functional groups attached to an aromatic ring is 1. The molecule has 0 heterocycles. The fraction of sp³-hybridized carbons (Fsp3) is 0.143. The summed E-state index contributed by atoms with van der Waals surface area (Å²) in [6.45, 7) is 2.00. The van der Waals surface area contributed by atoms with Crippen molar-refractivity contribution in [1.82, 2.24) is 0 Å². The van der Waals surface area contributed by atoms with Gasteiger partial charge in [-0.05, 0) is 18.6 Å². The van der Waals surface area contributed by atoms with Gasteiger partial charge >= 0.3 is 28.6 Å². The molecule has 4 N–H and O–H groups in total. The molecule has 0 bridgehead atoms. The third-order valence-electron chi connectivity index (χ3n) is 1.19. The number of hydrogen-bond donors (Lipinski definition) is 3. The molecule has 1 rings (SSSR count). The van der Waals surface area contributed by atoms with Gasteiger partial charge in [0.1, 0.15) is 0 Å². The predicted octanol–water partition coefficient (Wildman–Crippen LogP) is 0.342. The molecular weight excluding hydrogens is 332 g/mol. The number of nitrogens with two attached hydrogens (primary N) is 1. The number of hydrogen-bond acceptors (Lipinski definition) is 2. The summed E-state index contributed by atoms with van der Waals surface area (Å²) in [4.78, 5) is 0. The van der Waals surface area contributed by atoms with E-state index in [1.165, 1.54) is 0 Å². The number of aryl methyl sites for hydroxylation is 1. The summed E-state index contributed by atoms with van der Waals surface area (Å²) in [7, 11) is 0. The number of anilines is 1. The van der Waals surface area contributed by atoms with Gasteiger partial charge in [0.25, 0.3) is 0 Å². The summed E-state index contributed by atoms with van der Waals surface area (Å²) in [5, 5.41) is 0. The third kappa shape index (κ3) is 6.13. The second kappa shape index (κ2) is 5.98. The number of rotatable bonds is 0. The van der Waals surface area contributed by atoms with Crippen LogP contribution in [-0.2, 0) is 20.9 Å². The molecule has 0 aromatic heterocycles. The maximum atomic E-state index is 8.82. The zero-order chi connectivity index (χ0) is 9.56. The van der Waals surface area contributed by atoms with E-state index in [0.29, 0.717) is 0 Å². The first-order valence-electron chi connectivity index (χ1n) is 3.11. The Labute approximate surface area is 77.1 Å². The second-order valence-electron chi connectivity index (χ2n) is 2.07. The molecule has 0 amide bonds. The average Bonchev–Trinajstić information content (AvgIpc) is 1.94. The molecule has 69 valence electrons. The molecule has 5 heteroatoms. The third-order valence-corrected chi connectivity index (χ3v) is 1.19. The first-order valence-corrected chi connectivity index (χ1v) is 6.65. The fourth-order valence-electron chi connectivity index (χ4n) is 0.587. The molecule has 0 saturated heterocycles. The molecule has 0 fully saturated rings. The summed E-state index contributed by atoms with van der Waals surface area (Å²) in [6.07, 6.45) is 0. The van der Waals surface area contributed by atoms with Gasteiger partial charge in [-0.15, -0.1) is 0 Å². The van der Waals surface area contributed by atoms with Crippen LogP contribution in [0.4, 0.5) is 5.69 Å². The zero-order valence-corrected chi connectivity index (χ0v) is 9.28. The van der Waals surface area contributed by atoms with Crippen molar-refractivity contribution < 1.29 is 28.6 Å². The van der Waals surface area contributed by atoms with Crippen molar-refractivity contribution in [2.45, 2.75) is 6.92 Å². The topological polar surface area (TPSA) is 83.6 Å². The molecule has 12 heavy (non-hydrogen) atoms. The van der Waals surface area contributed by atoms with E-state index in [2.05, 4.69) is 0 Å². The molecule has 1 aromatic carbocycles. The first-order chi connectivity index (χ1) is 5.54. The Bertz CT molecular complexity index is 240. The molecule has 0 unspecified atom stereocenters. The van der Waals surface area contributed by atoms with Gasteiger partial charge in [0.2, 0.25) is 0 Å². The van der Waals surface area contributed by atoms with Crippen LogP contribution in [0.1, 0.15) is 5.56 Å². The van der Waals surface area contributed by atoms with E-state index in [1.54, 1.807) is 0 Å². The van der Waals surface area contributed by atoms with Crippen molar-refractivity contribution in [1.29, 1.82) is 0 Å². The van der Waals surface area contributed by atoms with Gasteiger partial charge in [0, 0.05) is 5.69 Å². The molecular formula is C7H11NO3Re. The van der Waals surface area contributed by atoms with E-state index in [9.17, 15) is 0 Å². The SMILES string of the molecule is Cc1ccccc1N.[O]=[Re]([OH])[OH]. The molecule has 0 aliphatic rings. The Morgan fingerprint density at radius 3 is 2.00 bits per heavy atom. The van der Waals surface area contributed by atoms with Crippen LogP contribution >= 0.6 is 0 Å². The van der Waals surface area contributed by atoms with E-state index in [0.717, 1.165) is 11.3 Å². The predicted molar refractivity (Wildman–Crippen MR) is 40.7 cm³/mol. The minimum absolute atomic E-state index is 0.868. The molecule has 1 aromatic rings. The van der Waals surface area contributed by atoms with Crippen LogP contribution in [0.5, 0.6) is 0 Å². The van der Waals surface area contributed by atoms with E-state index in [1.807, 2.05) is 31.2 Å². The Morgan fingerprint density at radius 2 is 1.75 bits per heavy atom. The standard InChI is InChI=1S/C7H9N.2H2O.O.Re/c1-6-4-2-3-5-7(6)8;;;;/h2-5H,8H2,1H3;2*1H2;;/q;;;;+2/p-2. The normalized spacial score (nSPS) is 9.00. The fourth-order valence-corrected chi connectivity index (χ4v) is 0.587. The molecule has 0 spiro atoms. The molecule has 0 atom stereocenters. The van der Waals surface area contributed by atoms with Gasteiger partial charge in [0.05, 0.1) is 0 Å². The summed E-state index contributed by atoms with van der Waals surface area (Å²) in [6, 6.07) is 7.80. The van der Waals surface area contributed by atoms with Crippen molar-refractivity contribution in [2.24, 2.45) is 0 Å². The van der Waals surface area contributed by atoms with Crippen LogP contribution in [-0.4, -0.2) is 7.66 Å². The average molecular weight is 343 g/mol. The van der Waals surface area contributed by atoms with Crippen LogP contribution in [0.25, 0.3) is 0 Å². The number of benzene rings is 1. The van der Waals surface area contributed by atoms with Crippen LogP contribution in [0.3, 0.4) is 0 Å².